The molecule has 0 saturated carbocycles. The normalized spacial score (nSPS) is 20.8. The molecule has 1 aromatic heterocycles. The monoisotopic (exact) mass is 264 g/mol. The van der Waals surface area contributed by atoms with Gasteiger partial charge in [-0.05, 0) is 44.7 Å². The van der Waals surface area contributed by atoms with Crippen molar-refractivity contribution < 1.29 is 0 Å². The number of hydrogen-bond donors (Lipinski definition) is 0. The lowest BCUT2D eigenvalue weighted by Gasteiger charge is -2.32. The lowest BCUT2D eigenvalue weighted by Crippen LogP contribution is -2.37. The summed E-state index contributed by atoms with van der Waals surface area (Å²) in [7, 11) is 0. The number of nitrogens with zero attached hydrogens (tertiary/aromatic N) is 4. The van der Waals surface area contributed by atoms with Gasteiger partial charge in [0.05, 0.1) is 5.69 Å². The molecule has 0 amide bonds. The Morgan fingerprint density at radius 1 is 1.32 bits per heavy atom. The molecule has 0 unspecified atom stereocenters. The highest BCUT2D eigenvalue weighted by atomic mass is 15.4. The van der Waals surface area contributed by atoms with Gasteiger partial charge in [0.2, 0.25) is 0 Å². The molecule has 2 heterocycles. The quantitative estimate of drug-likeness (QED) is 0.759. The van der Waals surface area contributed by atoms with Gasteiger partial charge in [0.1, 0.15) is 0 Å². The van der Waals surface area contributed by atoms with E-state index in [9.17, 15) is 0 Å². The zero-order valence-electron chi connectivity index (χ0n) is 12.5. The number of piperidine rings is 1. The molecule has 108 valence electrons. The molecule has 1 aliphatic rings. The SMILES string of the molecule is CCCCN1CCC[C@@H](Cn2cc(CCC)nn2)C1. The molecule has 0 aliphatic carbocycles. The van der Waals surface area contributed by atoms with Gasteiger partial charge in [-0.15, -0.1) is 5.10 Å². The topological polar surface area (TPSA) is 34.0 Å². The predicted octanol–water partition coefficient (Wildman–Crippen LogP) is 2.74. The van der Waals surface area contributed by atoms with Crippen molar-refractivity contribution in [3.63, 3.8) is 0 Å². The molecule has 0 aromatic carbocycles. The Balaban J connectivity index is 1.80. The summed E-state index contributed by atoms with van der Waals surface area (Å²) < 4.78 is 2.05. The van der Waals surface area contributed by atoms with E-state index in [1.165, 1.54) is 45.3 Å². The van der Waals surface area contributed by atoms with Crippen LogP contribution in [0.3, 0.4) is 0 Å². The minimum absolute atomic E-state index is 0.752. The van der Waals surface area contributed by atoms with Gasteiger partial charge in [0, 0.05) is 19.3 Å². The summed E-state index contributed by atoms with van der Waals surface area (Å²) in [5, 5.41) is 8.50. The Kier molecular flexibility index (Phi) is 5.83. The van der Waals surface area contributed by atoms with E-state index >= 15 is 0 Å². The predicted molar refractivity (Wildman–Crippen MR) is 78.1 cm³/mol. The number of likely N-dealkylation sites (tertiary alicyclic amines) is 1. The number of hydrogen-bond acceptors (Lipinski definition) is 3. The molecule has 0 radical (unpaired) electrons. The lowest BCUT2D eigenvalue weighted by atomic mass is 9.98. The minimum Gasteiger partial charge on any atom is -0.303 e. The lowest BCUT2D eigenvalue weighted by molar-refractivity contribution is 0.157. The fourth-order valence-electron chi connectivity index (χ4n) is 2.95. The van der Waals surface area contributed by atoms with Crippen LogP contribution < -0.4 is 0 Å². The number of rotatable bonds is 7. The van der Waals surface area contributed by atoms with Crippen LogP contribution in [0.15, 0.2) is 6.20 Å². The van der Waals surface area contributed by atoms with Gasteiger partial charge in [-0.25, -0.2) is 0 Å². The first kappa shape index (κ1) is 14.5. The third kappa shape index (κ3) is 4.60. The summed E-state index contributed by atoms with van der Waals surface area (Å²) in [4.78, 5) is 2.63. The first-order valence-electron chi connectivity index (χ1n) is 7.93. The Bertz CT molecular complexity index is 361. The highest BCUT2D eigenvalue weighted by molar-refractivity contribution is 4.92. The van der Waals surface area contributed by atoms with E-state index < -0.39 is 0 Å². The Morgan fingerprint density at radius 2 is 2.21 bits per heavy atom. The van der Waals surface area contributed by atoms with Crippen molar-refractivity contribution in [2.45, 2.75) is 58.9 Å². The maximum absolute atomic E-state index is 4.26. The first-order valence-corrected chi connectivity index (χ1v) is 7.93. The van der Waals surface area contributed by atoms with E-state index in [1.54, 1.807) is 0 Å². The van der Waals surface area contributed by atoms with Crippen LogP contribution in [0.1, 0.15) is 51.6 Å². The molecule has 4 nitrogen and oxygen atoms in total. The fourth-order valence-corrected chi connectivity index (χ4v) is 2.95. The largest absolute Gasteiger partial charge is 0.303 e. The van der Waals surface area contributed by atoms with Crippen molar-refractivity contribution in [3.8, 4) is 0 Å². The van der Waals surface area contributed by atoms with E-state index in [0.717, 1.165) is 31.0 Å². The summed E-state index contributed by atoms with van der Waals surface area (Å²) in [6, 6.07) is 0. The zero-order valence-corrected chi connectivity index (χ0v) is 12.5. The third-order valence-corrected chi connectivity index (χ3v) is 3.97. The van der Waals surface area contributed by atoms with E-state index in [2.05, 4.69) is 39.9 Å². The van der Waals surface area contributed by atoms with Crippen LogP contribution in [-0.2, 0) is 13.0 Å². The second-order valence-electron chi connectivity index (χ2n) is 5.84. The summed E-state index contributed by atoms with van der Waals surface area (Å²) >= 11 is 0. The van der Waals surface area contributed by atoms with E-state index in [0.29, 0.717) is 0 Å². The maximum atomic E-state index is 4.26. The second-order valence-corrected chi connectivity index (χ2v) is 5.84. The molecule has 4 heteroatoms. The first-order chi connectivity index (χ1) is 9.31. The van der Waals surface area contributed by atoms with E-state index in [4.69, 9.17) is 0 Å². The highest BCUT2D eigenvalue weighted by Gasteiger charge is 2.20. The van der Waals surface area contributed by atoms with Crippen molar-refractivity contribution >= 4 is 0 Å². The summed E-state index contributed by atoms with van der Waals surface area (Å²) in [5.41, 5.74) is 1.14. The van der Waals surface area contributed by atoms with Gasteiger partial charge >= 0.3 is 0 Å². The van der Waals surface area contributed by atoms with Crippen LogP contribution in [0.4, 0.5) is 0 Å². The molecule has 1 atom stereocenters. The van der Waals surface area contributed by atoms with Crippen molar-refractivity contribution in [1.29, 1.82) is 0 Å². The van der Waals surface area contributed by atoms with Crippen LogP contribution in [0.25, 0.3) is 0 Å². The Labute approximate surface area is 117 Å². The Morgan fingerprint density at radius 3 is 3.00 bits per heavy atom. The van der Waals surface area contributed by atoms with Gasteiger partial charge in [0.25, 0.3) is 0 Å². The van der Waals surface area contributed by atoms with Gasteiger partial charge in [0.15, 0.2) is 0 Å². The van der Waals surface area contributed by atoms with Crippen LogP contribution in [0.5, 0.6) is 0 Å². The van der Waals surface area contributed by atoms with E-state index in [-0.39, 0.29) is 0 Å². The molecule has 19 heavy (non-hydrogen) atoms. The van der Waals surface area contributed by atoms with Crippen LogP contribution >= 0.6 is 0 Å². The smallest absolute Gasteiger partial charge is 0.0827 e. The maximum Gasteiger partial charge on any atom is 0.0827 e. The highest BCUT2D eigenvalue weighted by Crippen LogP contribution is 2.18. The summed E-state index contributed by atoms with van der Waals surface area (Å²) in [5.74, 6) is 0.752. The minimum atomic E-state index is 0.752. The molecular weight excluding hydrogens is 236 g/mol. The van der Waals surface area contributed by atoms with Crippen LogP contribution in [-0.4, -0.2) is 39.5 Å². The molecular formula is C15H28N4. The van der Waals surface area contributed by atoms with Gasteiger partial charge < -0.3 is 4.90 Å². The molecule has 0 bridgehead atoms. The fraction of sp³-hybridized carbons (Fsp3) is 0.867. The molecule has 1 fully saturated rings. The van der Waals surface area contributed by atoms with Gasteiger partial charge in [-0.1, -0.05) is 31.9 Å². The van der Waals surface area contributed by atoms with Crippen LogP contribution in [0.2, 0.25) is 0 Å². The number of aryl methyl sites for hydroxylation is 1. The number of aromatic nitrogens is 3. The van der Waals surface area contributed by atoms with Crippen molar-refractivity contribution in [3.05, 3.63) is 11.9 Å². The van der Waals surface area contributed by atoms with Crippen molar-refractivity contribution in [2.24, 2.45) is 5.92 Å². The molecule has 1 saturated heterocycles. The molecule has 2 rings (SSSR count). The zero-order chi connectivity index (χ0) is 13.5. The van der Waals surface area contributed by atoms with Crippen LogP contribution in [0, 0.1) is 5.92 Å². The average Bonchev–Trinajstić information content (AvgIpc) is 2.85. The molecule has 0 spiro atoms. The summed E-state index contributed by atoms with van der Waals surface area (Å²) in [6.45, 7) is 9.29. The van der Waals surface area contributed by atoms with Crippen molar-refractivity contribution in [1.82, 2.24) is 19.9 Å². The molecule has 1 aromatic rings. The van der Waals surface area contributed by atoms with Gasteiger partial charge in [-0.2, -0.15) is 0 Å². The second kappa shape index (κ2) is 7.63. The molecule has 0 N–H and O–H groups in total. The standard InChI is InChI=1S/C15H28N4/c1-3-5-9-18-10-6-8-14(11-18)12-19-13-15(7-4-2)16-17-19/h13-14H,3-12H2,1-2H3/t14-/m1/s1. The van der Waals surface area contributed by atoms with Crippen molar-refractivity contribution in [2.75, 3.05) is 19.6 Å². The summed E-state index contributed by atoms with van der Waals surface area (Å²) in [6.07, 6.45) is 9.63. The van der Waals surface area contributed by atoms with E-state index in [1.807, 2.05) is 0 Å². The average molecular weight is 264 g/mol. The Hall–Kier alpha value is -0.900. The number of unbranched alkanes of at least 4 members (excludes halogenated alkanes) is 1. The van der Waals surface area contributed by atoms with Gasteiger partial charge in [-0.3, -0.25) is 4.68 Å². The molecule has 1 aliphatic heterocycles. The third-order valence-electron chi connectivity index (χ3n) is 3.97.